The van der Waals surface area contributed by atoms with Gasteiger partial charge >= 0.3 is 5.97 Å². The lowest BCUT2D eigenvalue weighted by molar-refractivity contribution is -0.148. The Labute approximate surface area is 110 Å². The second-order valence-electron chi connectivity index (χ2n) is 4.94. The number of amides is 2. The Balaban J connectivity index is 2.61. The third-order valence-electron chi connectivity index (χ3n) is 3.28. The first kappa shape index (κ1) is 15.4. The summed E-state index contributed by atoms with van der Waals surface area (Å²) in [4.78, 5) is 35.1. The topological polar surface area (TPSA) is 153 Å². The summed E-state index contributed by atoms with van der Waals surface area (Å²) in [7, 11) is 0. The average molecular weight is 272 g/mol. The van der Waals surface area contributed by atoms with Gasteiger partial charge in [0.2, 0.25) is 11.8 Å². The highest BCUT2D eigenvalue weighted by Gasteiger charge is 2.40. The van der Waals surface area contributed by atoms with Crippen molar-refractivity contribution in [3.63, 3.8) is 0 Å². The van der Waals surface area contributed by atoms with Crippen LogP contribution in [0.4, 0.5) is 0 Å². The molecule has 0 aromatic rings. The largest absolute Gasteiger partial charge is 0.480 e. The van der Waals surface area contributed by atoms with E-state index in [0.717, 1.165) is 0 Å². The second-order valence-corrected chi connectivity index (χ2v) is 4.94. The summed E-state index contributed by atoms with van der Waals surface area (Å²) in [5.74, 6) is -2.05. The highest BCUT2D eigenvalue weighted by Crippen LogP contribution is 2.20. The first-order valence-electron chi connectivity index (χ1n) is 6.11. The van der Waals surface area contributed by atoms with Gasteiger partial charge in [0.1, 0.15) is 5.54 Å². The van der Waals surface area contributed by atoms with E-state index < -0.39 is 29.4 Å². The molecule has 108 valence electrons. The van der Waals surface area contributed by atoms with E-state index >= 15 is 0 Å². The number of piperidine rings is 1. The molecule has 7 N–H and O–H groups in total. The van der Waals surface area contributed by atoms with Crippen LogP contribution in [0.25, 0.3) is 0 Å². The standard InChI is InChI=1S/C11H20N4O4/c12-7(2-3-8(13)16)9(17)15-5-1-4-11(14,6-15)10(18)19/h7H,1-6,12,14H2,(H2,13,16)(H,18,19)/t7?,11-/m1/s1. The van der Waals surface area contributed by atoms with E-state index in [-0.39, 0.29) is 19.4 Å². The normalized spacial score (nSPS) is 24.8. The van der Waals surface area contributed by atoms with Crippen molar-refractivity contribution in [1.82, 2.24) is 4.90 Å². The van der Waals surface area contributed by atoms with Crippen LogP contribution < -0.4 is 17.2 Å². The third kappa shape index (κ3) is 3.90. The number of carbonyl (C=O) groups excluding carboxylic acids is 2. The summed E-state index contributed by atoms with van der Waals surface area (Å²) < 4.78 is 0. The number of carbonyl (C=O) groups is 3. The molecule has 1 unspecified atom stereocenters. The number of nitrogens with two attached hydrogens (primary N) is 3. The summed E-state index contributed by atoms with van der Waals surface area (Å²) in [6.45, 7) is 0.362. The maximum atomic E-state index is 12.0. The zero-order valence-electron chi connectivity index (χ0n) is 10.7. The van der Waals surface area contributed by atoms with Crippen LogP contribution in [0.5, 0.6) is 0 Å². The van der Waals surface area contributed by atoms with Crippen LogP contribution in [-0.2, 0) is 14.4 Å². The first-order valence-corrected chi connectivity index (χ1v) is 6.11. The predicted molar refractivity (Wildman–Crippen MR) is 66.8 cm³/mol. The molecule has 2 amide bonds. The number of rotatable bonds is 5. The smallest absolute Gasteiger partial charge is 0.325 e. The van der Waals surface area contributed by atoms with Gasteiger partial charge in [-0.3, -0.25) is 14.4 Å². The van der Waals surface area contributed by atoms with Crippen LogP contribution in [-0.4, -0.2) is 52.5 Å². The summed E-state index contributed by atoms with van der Waals surface area (Å²) in [5, 5.41) is 9.06. The van der Waals surface area contributed by atoms with Gasteiger partial charge < -0.3 is 27.2 Å². The monoisotopic (exact) mass is 272 g/mol. The van der Waals surface area contributed by atoms with Crippen molar-refractivity contribution < 1.29 is 19.5 Å². The van der Waals surface area contributed by atoms with Crippen LogP contribution >= 0.6 is 0 Å². The van der Waals surface area contributed by atoms with Gasteiger partial charge in [0.05, 0.1) is 6.04 Å². The van der Waals surface area contributed by atoms with Crippen molar-refractivity contribution in [2.45, 2.75) is 37.3 Å². The van der Waals surface area contributed by atoms with E-state index in [1.165, 1.54) is 4.90 Å². The zero-order chi connectivity index (χ0) is 14.6. The van der Waals surface area contributed by atoms with E-state index in [1.807, 2.05) is 0 Å². The molecule has 0 aromatic heterocycles. The fourth-order valence-electron chi connectivity index (χ4n) is 2.10. The maximum Gasteiger partial charge on any atom is 0.325 e. The highest BCUT2D eigenvalue weighted by molar-refractivity contribution is 5.85. The lowest BCUT2D eigenvalue weighted by Gasteiger charge is -2.38. The fourth-order valence-corrected chi connectivity index (χ4v) is 2.10. The van der Waals surface area contributed by atoms with Gasteiger partial charge in [-0.25, -0.2) is 0 Å². The molecule has 0 aliphatic carbocycles. The Bertz CT molecular complexity index is 387. The lowest BCUT2D eigenvalue weighted by atomic mass is 9.90. The Kier molecular flexibility index (Phi) is 4.84. The Morgan fingerprint density at radius 2 is 2.00 bits per heavy atom. The van der Waals surface area contributed by atoms with E-state index in [0.29, 0.717) is 19.4 Å². The number of hydrogen-bond donors (Lipinski definition) is 4. The van der Waals surface area contributed by atoms with Gasteiger partial charge in [-0.1, -0.05) is 0 Å². The first-order chi connectivity index (χ1) is 8.76. The minimum Gasteiger partial charge on any atom is -0.480 e. The highest BCUT2D eigenvalue weighted by atomic mass is 16.4. The molecule has 1 aliphatic heterocycles. The zero-order valence-corrected chi connectivity index (χ0v) is 10.7. The number of nitrogens with zero attached hydrogens (tertiary/aromatic N) is 1. The fraction of sp³-hybridized carbons (Fsp3) is 0.727. The molecule has 1 rings (SSSR count). The number of likely N-dealkylation sites (tertiary alicyclic amines) is 1. The predicted octanol–water partition coefficient (Wildman–Crippen LogP) is -2.02. The molecule has 1 aliphatic rings. The summed E-state index contributed by atoms with van der Waals surface area (Å²) in [6.07, 6.45) is 1.00. The van der Waals surface area contributed by atoms with Crippen molar-refractivity contribution in [1.29, 1.82) is 0 Å². The van der Waals surface area contributed by atoms with E-state index in [4.69, 9.17) is 22.3 Å². The molecule has 0 bridgehead atoms. The van der Waals surface area contributed by atoms with Crippen LogP contribution in [0.3, 0.4) is 0 Å². The molecule has 1 fully saturated rings. The Morgan fingerprint density at radius 3 is 2.53 bits per heavy atom. The quantitative estimate of drug-likeness (QED) is 0.453. The molecule has 1 heterocycles. The van der Waals surface area contributed by atoms with Gasteiger partial charge in [0, 0.05) is 19.5 Å². The molecule has 2 atom stereocenters. The Hall–Kier alpha value is -1.67. The lowest BCUT2D eigenvalue weighted by Crippen LogP contribution is -2.62. The molecule has 1 saturated heterocycles. The van der Waals surface area contributed by atoms with Crippen LogP contribution in [0.1, 0.15) is 25.7 Å². The molecule has 0 spiro atoms. The minimum atomic E-state index is -1.42. The van der Waals surface area contributed by atoms with Crippen molar-refractivity contribution in [2.24, 2.45) is 17.2 Å². The summed E-state index contributed by atoms with van der Waals surface area (Å²) in [6, 6.07) is -0.858. The number of primary amides is 1. The second kappa shape index (κ2) is 5.98. The van der Waals surface area contributed by atoms with Crippen molar-refractivity contribution >= 4 is 17.8 Å². The number of hydrogen-bond acceptors (Lipinski definition) is 5. The van der Waals surface area contributed by atoms with Crippen molar-refractivity contribution in [3.8, 4) is 0 Å². The molecular weight excluding hydrogens is 252 g/mol. The molecule has 8 heteroatoms. The minimum absolute atomic E-state index is 0.0213. The van der Waals surface area contributed by atoms with Gasteiger partial charge in [0.15, 0.2) is 0 Å². The van der Waals surface area contributed by atoms with Crippen molar-refractivity contribution in [2.75, 3.05) is 13.1 Å². The van der Waals surface area contributed by atoms with E-state index in [9.17, 15) is 14.4 Å². The molecule has 0 saturated carbocycles. The number of carboxylic acids is 1. The van der Waals surface area contributed by atoms with Crippen LogP contribution in [0.15, 0.2) is 0 Å². The molecule has 0 aromatic carbocycles. The average Bonchev–Trinajstić information content (AvgIpc) is 2.34. The molecule has 8 nitrogen and oxygen atoms in total. The van der Waals surface area contributed by atoms with Gasteiger partial charge in [-0.05, 0) is 19.3 Å². The number of carboxylic acid groups (broad SMARTS) is 1. The van der Waals surface area contributed by atoms with E-state index in [1.54, 1.807) is 0 Å². The summed E-state index contributed by atoms with van der Waals surface area (Å²) in [5.41, 5.74) is 15.0. The molecule has 19 heavy (non-hydrogen) atoms. The molecular formula is C11H20N4O4. The van der Waals surface area contributed by atoms with Gasteiger partial charge in [-0.2, -0.15) is 0 Å². The van der Waals surface area contributed by atoms with Crippen LogP contribution in [0.2, 0.25) is 0 Å². The van der Waals surface area contributed by atoms with Crippen molar-refractivity contribution in [3.05, 3.63) is 0 Å². The van der Waals surface area contributed by atoms with Crippen LogP contribution in [0, 0.1) is 0 Å². The summed E-state index contributed by atoms with van der Waals surface area (Å²) >= 11 is 0. The van der Waals surface area contributed by atoms with E-state index in [2.05, 4.69) is 0 Å². The SMILES string of the molecule is NC(=O)CCC(N)C(=O)N1CCC[C@](N)(C(=O)O)C1. The van der Waals surface area contributed by atoms with Gasteiger partial charge in [-0.15, -0.1) is 0 Å². The maximum absolute atomic E-state index is 12.0. The van der Waals surface area contributed by atoms with Gasteiger partial charge in [0.25, 0.3) is 0 Å². The third-order valence-corrected chi connectivity index (χ3v) is 3.28. The molecule has 0 radical (unpaired) electrons. The Morgan fingerprint density at radius 1 is 1.37 bits per heavy atom. The number of aliphatic carboxylic acids is 1.